The van der Waals surface area contributed by atoms with Crippen LogP contribution in [0.15, 0.2) is 36.4 Å². The summed E-state index contributed by atoms with van der Waals surface area (Å²) in [4.78, 5) is 11.0. The average molecular weight is 228 g/mol. The second kappa shape index (κ2) is 3.77. The number of carboxylic acid groups (broad SMARTS) is 1. The summed E-state index contributed by atoms with van der Waals surface area (Å²) >= 11 is 0. The topological polar surface area (TPSA) is 46.5 Å². The molecule has 0 bridgehead atoms. The average Bonchev–Trinajstić information content (AvgIpc) is 2.38. The van der Waals surface area contributed by atoms with Gasteiger partial charge in [0.15, 0.2) is 0 Å². The molecule has 0 fully saturated rings. The Morgan fingerprint density at radius 2 is 2.06 bits per heavy atom. The maximum absolute atomic E-state index is 11.0. The molecule has 3 heteroatoms. The number of hydrogen-bond donors (Lipinski definition) is 1. The van der Waals surface area contributed by atoms with Gasteiger partial charge in [-0.1, -0.05) is 30.3 Å². The third-order valence-corrected chi connectivity index (χ3v) is 3.24. The minimum atomic E-state index is -0.788. The van der Waals surface area contributed by atoms with Gasteiger partial charge >= 0.3 is 5.97 Å². The quantitative estimate of drug-likeness (QED) is 0.815. The smallest absolute Gasteiger partial charge is 0.310 e. The Balaban J connectivity index is 2.15. The van der Waals surface area contributed by atoms with Crippen LogP contribution in [0.4, 0.5) is 0 Å². The second-order valence-electron chi connectivity index (χ2n) is 4.31. The van der Waals surface area contributed by atoms with E-state index in [1.807, 2.05) is 36.4 Å². The molecule has 0 saturated carbocycles. The summed E-state index contributed by atoms with van der Waals surface area (Å²) in [6.45, 7) is 0.265. The van der Waals surface area contributed by atoms with E-state index in [9.17, 15) is 4.79 Å². The zero-order valence-electron chi connectivity index (χ0n) is 9.22. The molecule has 1 aliphatic rings. The molecule has 0 unspecified atom stereocenters. The van der Waals surface area contributed by atoms with Gasteiger partial charge in [0.1, 0.15) is 12.4 Å². The van der Waals surface area contributed by atoms with Crippen LogP contribution in [-0.4, -0.2) is 17.7 Å². The predicted octanol–water partition coefficient (Wildman–Crippen LogP) is 2.48. The van der Waals surface area contributed by atoms with E-state index in [2.05, 4.69) is 0 Å². The number of fused-ring (bicyclic) bond motifs is 3. The molecule has 0 aliphatic carbocycles. The molecule has 3 nitrogen and oxygen atoms in total. The molecule has 1 aliphatic heterocycles. The molecule has 2 aromatic carbocycles. The van der Waals surface area contributed by atoms with E-state index in [4.69, 9.17) is 9.84 Å². The molecule has 0 saturated heterocycles. The predicted molar refractivity (Wildman–Crippen MR) is 64.3 cm³/mol. The van der Waals surface area contributed by atoms with Crippen LogP contribution in [0.3, 0.4) is 0 Å². The minimum Gasteiger partial charge on any atom is -0.492 e. The minimum absolute atomic E-state index is 0.265. The third kappa shape index (κ3) is 1.64. The SMILES string of the molecule is O=C(O)[C@H]1COc2ccc3ccccc3c2C1. The summed E-state index contributed by atoms with van der Waals surface area (Å²) in [6.07, 6.45) is 0.548. The molecule has 1 N–H and O–H groups in total. The summed E-state index contributed by atoms with van der Waals surface area (Å²) in [5.74, 6) is -0.405. The summed E-state index contributed by atoms with van der Waals surface area (Å²) in [5.41, 5.74) is 1.02. The van der Waals surface area contributed by atoms with E-state index in [-0.39, 0.29) is 6.61 Å². The van der Waals surface area contributed by atoms with Gasteiger partial charge in [-0.2, -0.15) is 0 Å². The fraction of sp³-hybridized carbons (Fsp3) is 0.214. The van der Waals surface area contributed by atoms with Crippen molar-refractivity contribution >= 4 is 16.7 Å². The molecular weight excluding hydrogens is 216 g/mol. The lowest BCUT2D eigenvalue weighted by Gasteiger charge is -2.23. The molecule has 86 valence electrons. The summed E-state index contributed by atoms with van der Waals surface area (Å²) in [7, 11) is 0. The van der Waals surface area contributed by atoms with Gasteiger partial charge < -0.3 is 9.84 Å². The molecule has 0 aromatic heterocycles. The normalized spacial score (nSPS) is 18.5. The van der Waals surface area contributed by atoms with Crippen LogP contribution in [0.2, 0.25) is 0 Å². The van der Waals surface area contributed by atoms with Crippen molar-refractivity contribution in [2.45, 2.75) is 6.42 Å². The number of aliphatic carboxylic acids is 1. The van der Waals surface area contributed by atoms with Crippen molar-refractivity contribution in [3.8, 4) is 5.75 Å². The molecule has 3 rings (SSSR count). The van der Waals surface area contributed by atoms with Crippen molar-refractivity contribution < 1.29 is 14.6 Å². The molecule has 1 heterocycles. The maximum atomic E-state index is 11.0. The van der Waals surface area contributed by atoms with Gasteiger partial charge in [0.25, 0.3) is 0 Å². The van der Waals surface area contributed by atoms with Crippen molar-refractivity contribution in [3.05, 3.63) is 42.0 Å². The number of hydrogen-bond acceptors (Lipinski definition) is 2. The van der Waals surface area contributed by atoms with Crippen molar-refractivity contribution in [2.75, 3.05) is 6.61 Å². The van der Waals surface area contributed by atoms with Crippen LogP contribution in [0.5, 0.6) is 5.75 Å². The first-order valence-electron chi connectivity index (χ1n) is 5.62. The lowest BCUT2D eigenvalue weighted by atomic mass is 9.92. The fourth-order valence-electron chi connectivity index (χ4n) is 2.32. The number of carbonyl (C=O) groups is 1. The Morgan fingerprint density at radius 1 is 1.24 bits per heavy atom. The van der Waals surface area contributed by atoms with E-state index in [0.29, 0.717) is 6.42 Å². The first kappa shape index (κ1) is 10.1. The first-order chi connectivity index (χ1) is 8.25. The highest BCUT2D eigenvalue weighted by Gasteiger charge is 2.26. The summed E-state index contributed by atoms with van der Waals surface area (Å²) in [5, 5.41) is 11.3. The van der Waals surface area contributed by atoms with Gasteiger partial charge in [0.05, 0.1) is 5.92 Å². The Hall–Kier alpha value is -2.03. The van der Waals surface area contributed by atoms with E-state index in [0.717, 1.165) is 22.1 Å². The highest BCUT2D eigenvalue weighted by Crippen LogP contribution is 2.33. The number of carboxylic acids is 1. The Morgan fingerprint density at radius 3 is 2.88 bits per heavy atom. The zero-order chi connectivity index (χ0) is 11.8. The van der Waals surface area contributed by atoms with E-state index in [1.54, 1.807) is 0 Å². The number of ether oxygens (including phenoxy) is 1. The Bertz CT molecular complexity index is 589. The van der Waals surface area contributed by atoms with E-state index >= 15 is 0 Å². The Labute approximate surface area is 98.6 Å². The first-order valence-corrected chi connectivity index (χ1v) is 5.62. The summed E-state index contributed by atoms with van der Waals surface area (Å²) in [6, 6.07) is 11.9. The third-order valence-electron chi connectivity index (χ3n) is 3.24. The van der Waals surface area contributed by atoms with Crippen LogP contribution >= 0.6 is 0 Å². The molecule has 0 amide bonds. The lowest BCUT2D eigenvalue weighted by Crippen LogP contribution is -2.27. The van der Waals surface area contributed by atoms with E-state index < -0.39 is 11.9 Å². The molecule has 0 radical (unpaired) electrons. The maximum Gasteiger partial charge on any atom is 0.310 e. The molecule has 1 atom stereocenters. The highest BCUT2D eigenvalue weighted by molar-refractivity contribution is 5.88. The zero-order valence-corrected chi connectivity index (χ0v) is 9.22. The number of rotatable bonds is 1. The van der Waals surface area contributed by atoms with E-state index in [1.165, 1.54) is 0 Å². The molecule has 17 heavy (non-hydrogen) atoms. The van der Waals surface area contributed by atoms with Gasteiger partial charge in [0, 0.05) is 5.56 Å². The second-order valence-corrected chi connectivity index (χ2v) is 4.31. The standard InChI is InChI=1S/C14H12O3/c15-14(16)10-7-12-11-4-2-1-3-9(11)5-6-13(12)17-8-10/h1-6,10H,7-8H2,(H,15,16)/t10-/m1/s1. The Kier molecular flexibility index (Phi) is 2.25. The van der Waals surface area contributed by atoms with Gasteiger partial charge in [-0.25, -0.2) is 0 Å². The monoisotopic (exact) mass is 228 g/mol. The van der Waals surface area contributed by atoms with Crippen LogP contribution in [-0.2, 0) is 11.2 Å². The summed E-state index contributed by atoms with van der Waals surface area (Å²) < 4.78 is 5.52. The van der Waals surface area contributed by atoms with Crippen LogP contribution < -0.4 is 4.74 Å². The van der Waals surface area contributed by atoms with Crippen molar-refractivity contribution in [2.24, 2.45) is 5.92 Å². The molecule has 0 spiro atoms. The van der Waals surface area contributed by atoms with Crippen molar-refractivity contribution in [3.63, 3.8) is 0 Å². The van der Waals surface area contributed by atoms with Gasteiger partial charge in [0.2, 0.25) is 0 Å². The molecule has 2 aromatic rings. The van der Waals surface area contributed by atoms with Crippen molar-refractivity contribution in [1.82, 2.24) is 0 Å². The fourth-order valence-corrected chi connectivity index (χ4v) is 2.32. The van der Waals surface area contributed by atoms with Gasteiger partial charge in [-0.05, 0) is 23.3 Å². The number of benzene rings is 2. The highest BCUT2D eigenvalue weighted by atomic mass is 16.5. The lowest BCUT2D eigenvalue weighted by molar-refractivity contribution is -0.143. The van der Waals surface area contributed by atoms with Gasteiger partial charge in [-0.15, -0.1) is 0 Å². The van der Waals surface area contributed by atoms with Crippen LogP contribution in [0, 0.1) is 5.92 Å². The van der Waals surface area contributed by atoms with Crippen LogP contribution in [0.25, 0.3) is 10.8 Å². The largest absolute Gasteiger partial charge is 0.492 e. The van der Waals surface area contributed by atoms with Crippen LogP contribution in [0.1, 0.15) is 5.56 Å². The van der Waals surface area contributed by atoms with Crippen molar-refractivity contribution in [1.29, 1.82) is 0 Å². The molecular formula is C14H12O3. The van der Waals surface area contributed by atoms with Gasteiger partial charge in [-0.3, -0.25) is 4.79 Å².